The van der Waals surface area contributed by atoms with Gasteiger partial charge in [-0.15, -0.1) is 0 Å². The molecule has 1 atom stereocenters. The van der Waals surface area contributed by atoms with E-state index in [0.717, 1.165) is 37.2 Å². The van der Waals surface area contributed by atoms with Gasteiger partial charge in [-0.05, 0) is 30.2 Å². The summed E-state index contributed by atoms with van der Waals surface area (Å²) in [6.45, 7) is 5.87. The second-order valence-electron chi connectivity index (χ2n) is 7.40. The molecule has 1 unspecified atom stereocenters. The molecule has 2 aromatic carbocycles. The number of para-hydroxylation sites is 1. The summed E-state index contributed by atoms with van der Waals surface area (Å²) in [5.41, 5.74) is 2.04. The molecular formula is C23H24N2O4. The van der Waals surface area contributed by atoms with Gasteiger partial charge in [-0.3, -0.25) is 9.69 Å². The van der Waals surface area contributed by atoms with E-state index in [1.165, 1.54) is 5.56 Å². The predicted molar refractivity (Wildman–Crippen MR) is 111 cm³/mol. The highest BCUT2D eigenvalue weighted by Gasteiger charge is 2.17. The lowest BCUT2D eigenvalue weighted by Crippen LogP contribution is -2.40. The Hall–Kier alpha value is -2.96. The summed E-state index contributed by atoms with van der Waals surface area (Å²) >= 11 is 0. The lowest BCUT2D eigenvalue weighted by Gasteiger charge is -2.31. The molecule has 1 aromatic heterocycles. The molecule has 1 fully saturated rings. The van der Waals surface area contributed by atoms with Crippen LogP contribution in [0.3, 0.4) is 0 Å². The molecule has 6 heteroatoms. The Balaban J connectivity index is 1.42. The second kappa shape index (κ2) is 8.59. The topological polar surface area (TPSA) is 71.8 Å². The van der Waals surface area contributed by atoms with Gasteiger partial charge in [0, 0.05) is 31.6 Å². The third-order valence-electron chi connectivity index (χ3n) is 5.06. The van der Waals surface area contributed by atoms with Gasteiger partial charge in [0.05, 0.1) is 12.7 Å². The molecule has 0 spiro atoms. The summed E-state index contributed by atoms with van der Waals surface area (Å²) in [4.78, 5) is 27.0. The van der Waals surface area contributed by atoms with Gasteiger partial charge in [-0.2, -0.15) is 0 Å². The normalized spacial score (nSPS) is 17.3. The van der Waals surface area contributed by atoms with E-state index in [9.17, 15) is 9.59 Å². The Kier molecular flexibility index (Phi) is 5.74. The zero-order valence-electron chi connectivity index (χ0n) is 16.4. The maximum atomic E-state index is 12.5. The van der Waals surface area contributed by atoms with Crippen LogP contribution < -0.4 is 10.9 Å². The predicted octanol–water partition coefficient (Wildman–Crippen LogP) is 2.94. The lowest BCUT2D eigenvalue weighted by molar-refractivity contribution is -0.0212. The van der Waals surface area contributed by atoms with Crippen molar-refractivity contribution >= 4 is 16.9 Å². The standard InChI is InChI=1S/C23H24N2O4/c1-16-14-25(9-10-28-16)15-18-6-4-5-17(11-18)13-24-22(26)20-12-19-7-2-3-8-21(19)29-23(20)27/h2-8,11-12,16H,9-10,13-15H2,1H3,(H,24,26). The monoisotopic (exact) mass is 392 g/mol. The van der Waals surface area contributed by atoms with E-state index in [1.807, 2.05) is 24.3 Å². The number of rotatable bonds is 5. The van der Waals surface area contributed by atoms with Crippen molar-refractivity contribution in [1.82, 2.24) is 10.2 Å². The van der Waals surface area contributed by atoms with Crippen molar-refractivity contribution in [3.05, 3.63) is 81.7 Å². The highest BCUT2D eigenvalue weighted by molar-refractivity contribution is 5.96. The summed E-state index contributed by atoms with van der Waals surface area (Å²) in [6, 6.07) is 16.9. The molecule has 4 rings (SSSR count). The minimum Gasteiger partial charge on any atom is -0.422 e. The van der Waals surface area contributed by atoms with Crippen molar-refractivity contribution in [3.8, 4) is 0 Å². The molecular weight excluding hydrogens is 368 g/mol. The van der Waals surface area contributed by atoms with Crippen molar-refractivity contribution in [1.29, 1.82) is 0 Å². The highest BCUT2D eigenvalue weighted by Crippen LogP contribution is 2.14. The maximum Gasteiger partial charge on any atom is 0.349 e. The number of ether oxygens (including phenoxy) is 1. The molecule has 0 bridgehead atoms. The number of morpholine rings is 1. The Labute approximate surface area is 169 Å². The molecule has 0 radical (unpaired) electrons. The minimum atomic E-state index is -0.628. The van der Waals surface area contributed by atoms with Crippen LogP contribution in [0.1, 0.15) is 28.4 Å². The third kappa shape index (κ3) is 4.72. The summed E-state index contributed by atoms with van der Waals surface area (Å²) in [5.74, 6) is -0.433. The zero-order chi connectivity index (χ0) is 20.2. The first-order valence-corrected chi connectivity index (χ1v) is 9.81. The average molecular weight is 392 g/mol. The summed E-state index contributed by atoms with van der Waals surface area (Å²) in [5, 5.41) is 3.55. The number of hydrogen-bond acceptors (Lipinski definition) is 5. The number of fused-ring (bicyclic) bond motifs is 1. The molecule has 1 saturated heterocycles. The number of carbonyl (C=O) groups excluding carboxylic acids is 1. The molecule has 0 aliphatic carbocycles. The number of benzene rings is 2. The van der Waals surface area contributed by atoms with Crippen LogP contribution in [0.5, 0.6) is 0 Å². The van der Waals surface area contributed by atoms with Gasteiger partial charge in [-0.1, -0.05) is 42.5 Å². The fraction of sp³-hybridized carbons (Fsp3) is 0.304. The number of amides is 1. The van der Waals surface area contributed by atoms with Crippen molar-refractivity contribution in [2.45, 2.75) is 26.1 Å². The van der Waals surface area contributed by atoms with Gasteiger partial charge in [0.1, 0.15) is 11.1 Å². The van der Waals surface area contributed by atoms with Crippen LogP contribution in [0.4, 0.5) is 0 Å². The maximum absolute atomic E-state index is 12.5. The van der Waals surface area contributed by atoms with Crippen LogP contribution in [0.15, 0.2) is 63.8 Å². The molecule has 29 heavy (non-hydrogen) atoms. The van der Waals surface area contributed by atoms with Crippen molar-refractivity contribution in [2.24, 2.45) is 0 Å². The highest BCUT2D eigenvalue weighted by atomic mass is 16.5. The fourth-order valence-corrected chi connectivity index (χ4v) is 3.63. The minimum absolute atomic E-state index is 0.0159. The van der Waals surface area contributed by atoms with Gasteiger partial charge in [0.2, 0.25) is 0 Å². The Morgan fingerprint density at radius 2 is 1.97 bits per heavy atom. The SMILES string of the molecule is CC1CN(Cc2cccc(CNC(=O)c3cc4ccccc4oc3=O)c2)CCO1. The van der Waals surface area contributed by atoms with Crippen LogP contribution in [-0.4, -0.2) is 36.6 Å². The van der Waals surface area contributed by atoms with Crippen LogP contribution in [-0.2, 0) is 17.8 Å². The second-order valence-corrected chi connectivity index (χ2v) is 7.40. The Bertz CT molecular complexity index is 1080. The number of nitrogens with one attached hydrogen (secondary N) is 1. The van der Waals surface area contributed by atoms with Gasteiger partial charge >= 0.3 is 5.63 Å². The van der Waals surface area contributed by atoms with E-state index in [1.54, 1.807) is 18.2 Å². The smallest absolute Gasteiger partial charge is 0.349 e. The van der Waals surface area contributed by atoms with Gasteiger partial charge < -0.3 is 14.5 Å². The van der Waals surface area contributed by atoms with Gasteiger partial charge in [0.15, 0.2) is 0 Å². The van der Waals surface area contributed by atoms with Crippen LogP contribution >= 0.6 is 0 Å². The van der Waals surface area contributed by atoms with E-state index >= 15 is 0 Å². The molecule has 1 amide bonds. The van der Waals surface area contributed by atoms with E-state index in [2.05, 4.69) is 29.3 Å². The first-order chi connectivity index (χ1) is 14.1. The number of hydrogen-bond donors (Lipinski definition) is 1. The average Bonchev–Trinajstić information content (AvgIpc) is 2.72. The van der Waals surface area contributed by atoms with Crippen LogP contribution in [0.25, 0.3) is 11.0 Å². The van der Waals surface area contributed by atoms with Crippen LogP contribution in [0.2, 0.25) is 0 Å². The molecule has 1 aliphatic rings. The molecule has 150 valence electrons. The number of carbonyl (C=O) groups is 1. The third-order valence-corrected chi connectivity index (χ3v) is 5.06. The summed E-state index contributed by atoms with van der Waals surface area (Å²) < 4.78 is 10.8. The first-order valence-electron chi connectivity index (χ1n) is 9.81. The molecule has 1 N–H and O–H groups in total. The molecule has 1 aliphatic heterocycles. The van der Waals surface area contributed by atoms with Crippen molar-refractivity contribution in [3.63, 3.8) is 0 Å². The summed E-state index contributed by atoms with van der Waals surface area (Å²) in [7, 11) is 0. The van der Waals surface area contributed by atoms with Gasteiger partial charge in [0.25, 0.3) is 5.91 Å². The molecule has 6 nitrogen and oxygen atoms in total. The van der Waals surface area contributed by atoms with E-state index < -0.39 is 11.5 Å². The van der Waals surface area contributed by atoms with E-state index in [0.29, 0.717) is 12.1 Å². The van der Waals surface area contributed by atoms with E-state index in [-0.39, 0.29) is 11.7 Å². The van der Waals surface area contributed by atoms with Gasteiger partial charge in [-0.25, -0.2) is 4.79 Å². The first kappa shape index (κ1) is 19.4. The largest absolute Gasteiger partial charge is 0.422 e. The molecule has 2 heterocycles. The van der Waals surface area contributed by atoms with Crippen LogP contribution in [0, 0.1) is 0 Å². The zero-order valence-corrected chi connectivity index (χ0v) is 16.4. The number of nitrogens with zero attached hydrogens (tertiary/aromatic N) is 1. The lowest BCUT2D eigenvalue weighted by atomic mass is 10.1. The van der Waals surface area contributed by atoms with Crippen molar-refractivity contribution < 1.29 is 13.9 Å². The molecule has 3 aromatic rings. The van der Waals surface area contributed by atoms with E-state index in [4.69, 9.17) is 9.15 Å². The van der Waals surface area contributed by atoms with Crippen molar-refractivity contribution in [2.75, 3.05) is 19.7 Å². The Morgan fingerprint density at radius 1 is 1.14 bits per heavy atom. The Morgan fingerprint density at radius 3 is 2.83 bits per heavy atom. The molecule has 0 saturated carbocycles. The summed E-state index contributed by atoms with van der Waals surface area (Å²) in [6.07, 6.45) is 0.250. The quantitative estimate of drug-likeness (QED) is 0.676. The fourth-order valence-electron chi connectivity index (χ4n) is 3.63.